The summed E-state index contributed by atoms with van der Waals surface area (Å²) < 4.78 is 13.1. The number of aromatic nitrogens is 1. The Hall–Kier alpha value is -2.43. The number of carbonyl (C=O) groups excluding carboxylic acids is 1. The summed E-state index contributed by atoms with van der Waals surface area (Å²) in [6.07, 6.45) is 5.33. The largest absolute Gasteiger partial charge is 0.356 e. The Labute approximate surface area is 147 Å². The molecule has 5 heteroatoms. The van der Waals surface area contributed by atoms with Crippen molar-refractivity contribution in [1.82, 2.24) is 10.3 Å². The van der Waals surface area contributed by atoms with Crippen LogP contribution >= 0.6 is 0 Å². The summed E-state index contributed by atoms with van der Waals surface area (Å²) in [5.41, 5.74) is 0.489. The highest BCUT2D eigenvalue weighted by molar-refractivity contribution is 5.91. The molecule has 2 fully saturated rings. The van der Waals surface area contributed by atoms with E-state index in [0.29, 0.717) is 0 Å². The van der Waals surface area contributed by atoms with E-state index in [4.69, 9.17) is 0 Å². The lowest BCUT2D eigenvalue weighted by Crippen LogP contribution is -2.47. The minimum absolute atomic E-state index is 0.0930. The van der Waals surface area contributed by atoms with Gasteiger partial charge in [-0.3, -0.25) is 4.79 Å². The molecule has 1 N–H and O–H groups in total. The van der Waals surface area contributed by atoms with Gasteiger partial charge < -0.3 is 10.2 Å². The second kappa shape index (κ2) is 6.47. The fourth-order valence-electron chi connectivity index (χ4n) is 3.66. The van der Waals surface area contributed by atoms with Crippen molar-refractivity contribution in [3.63, 3.8) is 0 Å². The average Bonchev–Trinajstić information content (AvgIpc) is 3.46. The Morgan fingerprint density at radius 2 is 1.84 bits per heavy atom. The molecule has 130 valence electrons. The van der Waals surface area contributed by atoms with Crippen LogP contribution in [0.5, 0.6) is 0 Å². The molecule has 0 unspecified atom stereocenters. The van der Waals surface area contributed by atoms with Crippen LogP contribution in [0.15, 0.2) is 48.7 Å². The summed E-state index contributed by atoms with van der Waals surface area (Å²) in [6.45, 7) is 1.79. The Kier molecular flexibility index (Phi) is 4.15. The Morgan fingerprint density at radius 1 is 1.12 bits per heavy atom. The van der Waals surface area contributed by atoms with Gasteiger partial charge in [0, 0.05) is 25.3 Å². The fraction of sp³-hybridized carbons (Fsp3) is 0.400. The highest BCUT2D eigenvalue weighted by atomic mass is 19.1. The number of hydrogen-bond donors (Lipinski definition) is 1. The molecular weight excluding hydrogens is 317 g/mol. The first kappa shape index (κ1) is 16.1. The van der Waals surface area contributed by atoms with Crippen LogP contribution in [0.1, 0.15) is 31.2 Å². The van der Waals surface area contributed by atoms with Crippen molar-refractivity contribution in [2.75, 3.05) is 18.0 Å². The number of halogens is 1. The summed E-state index contributed by atoms with van der Waals surface area (Å²) in [7, 11) is 0. The van der Waals surface area contributed by atoms with Gasteiger partial charge in [0.15, 0.2) is 0 Å². The van der Waals surface area contributed by atoms with Gasteiger partial charge in [0.25, 0.3) is 0 Å². The second-order valence-electron chi connectivity index (χ2n) is 7.01. The number of pyridine rings is 1. The number of nitrogens with one attached hydrogen (secondary N) is 1. The molecule has 4 nitrogen and oxygen atoms in total. The molecule has 1 aromatic carbocycles. The maximum atomic E-state index is 13.1. The van der Waals surface area contributed by atoms with Crippen LogP contribution in [0.25, 0.3) is 0 Å². The van der Waals surface area contributed by atoms with Crippen LogP contribution in [-0.4, -0.2) is 30.0 Å². The third kappa shape index (κ3) is 3.23. The van der Waals surface area contributed by atoms with E-state index in [0.717, 1.165) is 50.2 Å². The van der Waals surface area contributed by atoms with Gasteiger partial charge in [-0.25, -0.2) is 9.37 Å². The number of nitrogens with zero attached hydrogens (tertiary/aromatic N) is 2. The minimum Gasteiger partial charge on any atom is -0.356 e. The quantitative estimate of drug-likeness (QED) is 0.931. The van der Waals surface area contributed by atoms with Gasteiger partial charge in [-0.05, 0) is 55.5 Å². The van der Waals surface area contributed by atoms with E-state index in [-0.39, 0.29) is 17.8 Å². The summed E-state index contributed by atoms with van der Waals surface area (Å²) in [6, 6.07) is 12.5. The number of benzene rings is 1. The molecule has 1 aromatic heterocycles. The van der Waals surface area contributed by atoms with Crippen LogP contribution in [0, 0.1) is 5.82 Å². The molecule has 1 aliphatic carbocycles. The fourth-order valence-corrected chi connectivity index (χ4v) is 3.66. The predicted molar refractivity (Wildman–Crippen MR) is 94.9 cm³/mol. The molecule has 1 saturated heterocycles. The van der Waals surface area contributed by atoms with Gasteiger partial charge in [0.2, 0.25) is 5.91 Å². The van der Waals surface area contributed by atoms with E-state index in [9.17, 15) is 9.18 Å². The van der Waals surface area contributed by atoms with Crippen molar-refractivity contribution < 1.29 is 9.18 Å². The number of rotatable bonds is 4. The topological polar surface area (TPSA) is 45.2 Å². The summed E-state index contributed by atoms with van der Waals surface area (Å²) >= 11 is 0. The molecule has 0 spiro atoms. The van der Waals surface area contributed by atoms with Crippen molar-refractivity contribution in [2.24, 2.45) is 0 Å². The lowest BCUT2D eigenvalue weighted by molar-refractivity contribution is -0.124. The van der Waals surface area contributed by atoms with Crippen LogP contribution < -0.4 is 10.2 Å². The Bertz CT molecular complexity index is 735. The highest BCUT2D eigenvalue weighted by Gasteiger charge is 2.51. The zero-order valence-corrected chi connectivity index (χ0v) is 14.1. The molecule has 0 atom stereocenters. The summed E-state index contributed by atoms with van der Waals surface area (Å²) in [4.78, 5) is 19.5. The number of hydrogen-bond acceptors (Lipinski definition) is 3. The lowest BCUT2D eigenvalue weighted by atomic mass is 9.93. The van der Waals surface area contributed by atoms with Gasteiger partial charge in [0.05, 0.1) is 5.41 Å². The standard InChI is InChI=1S/C20H22FN3O/c21-16-6-4-15(5-7-16)20(10-11-20)19(25)23-17-8-13-24(14-9-17)18-3-1-2-12-22-18/h1-7,12,17H,8-11,13-14H2,(H,23,25). The third-order valence-electron chi connectivity index (χ3n) is 5.38. The number of piperidine rings is 1. The third-order valence-corrected chi connectivity index (χ3v) is 5.38. The smallest absolute Gasteiger partial charge is 0.230 e. The van der Waals surface area contributed by atoms with Crippen molar-refractivity contribution in [3.8, 4) is 0 Å². The normalized spacial score (nSPS) is 19.5. The first-order valence-corrected chi connectivity index (χ1v) is 8.90. The Morgan fingerprint density at radius 3 is 2.44 bits per heavy atom. The molecule has 0 bridgehead atoms. The van der Waals surface area contributed by atoms with E-state index >= 15 is 0 Å². The molecular formula is C20H22FN3O. The summed E-state index contributed by atoms with van der Waals surface area (Å²) in [5.74, 6) is 0.828. The van der Waals surface area contributed by atoms with Gasteiger partial charge in [-0.15, -0.1) is 0 Å². The second-order valence-corrected chi connectivity index (χ2v) is 7.01. The zero-order chi connectivity index (χ0) is 17.3. The summed E-state index contributed by atoms with van der Waals surface area (Å²) in [5, 5.41) is 3.23. The lowest BCUT2D eigenvalue weighted by Gasteiger charge is -2.34. The predicted octanol–water partition coefficient (Wildman–Crippen LogP) is 3.04. The van der Waals surface area contributed by atoms with Crippen LogP contribution in [0.3, 0.4) is 0 Å². The molecule has 0 radical (unpaired) electrons. The molecule has 1 saturated carbocycles. The maximum absolute atomic E-state index is 13.1. The molecule has 2 aromatic rings. The molecule has 1 aliphatic heterocycles. The number of carbonyl (C=O) groups is 1. The zero-order valence-electron chi connectivity index (χ0n) is 14.1. The van der Waals surface area contributed by atoms with Crippen molar-refractivity contribution in [2.45, 2.75) is 37.1 Å². The van der Waals surface area contributed by atoms with Gasteiger partial charge in [-0.1, -0.05) is 18.2 Å². The molecule has 2 heterocycles. The van der Waals surface area contributed by atoms with Crippen molar-refractivity contribution in [3.05, 3.63) is 60.0 Å². The maximum Gasteiger partial charge on any atom is 0.230 e. The monoisotopic (exact) mass is 339 g/mol. The minimum atomic E-state index is -0.439. The van der Waals surface area contributed by atoms with E-state index in [1.54, 1.807) is 12.1 Å². The molecule has 4 rings (SSSR count). The molecule has 25 heavy (non-hydrogen) atoms. The van der Waals surface area contributed by atoms with Crippen molar-refractivity contribution in [1.29, 1.82) is 0 Å². The average molecular weight is 339 g/mol. The van der Waals surface area contributed by atoms with Gasteiger partial charge in [0.1, 0.15) is 11.6 Å². The number of amides is 1. The van der Waals surface area contributed by atoms with Crippen LogP contribution in [-0.2, 0) is 10.2 Å². The van der Waals surface area contributed by atoms with Gasteiger partial charge >= 0.3 is 0 Å². The van der Waals surface area contributed by atoms with E-state index in [1.165, 1.54) is 12.1 Å². The van der Waals surface area contributed by atoms with E-state index in [2.05, 4.69) is 15.2 Å². The Balaban J connectivity index is 1.36. The van der Waals surface area contributed by atoms with E-state index in [1.807, 2.05) is 24.4 Å². The molecule has 1 amide bonds. The number of anilines is 1. The van der Waals surface area contributed by atoms with E-state index < -0.39 is 5.41 Å². The first-order chi connectivity index (χ1) is 12.2. The molecule has 2 aliphatic rings. The van der Waals surface area contributed by atoms with Gasteiger partial charge in [-0.2, -0.15) is 0 Å². The first-order valence-electron chi connectivity index (χ1n) is 8.90. The van der Waals surface area contributed by atoms with Crippen molar-refractivity contribution >= 4 is 11.7 Å². The van der Waals surface area contributed by atoms with Crippen LogP contribution in [0.4, 0.5) is 10.2 Å². The van der Waals surface area contributed by atoms with Crippen LogP contribution in [0.2, 0.25) is 0 Å². The SMILES string of the molecule is O=C(NC1CCN(c2ccccn2)CC1)C1(c2ccc(F)cc2)CC1. The highest BCUT2D eigenvalue weighted by Crippen LogP contribution is 2.48.